The molecule has 6 nitrogen and oxygen atoms in total. The lowest BCUT2D eigenvalue weighted by molar-refractivity contribution is 0.146. The summed E-state index contributed by atoms with van der Waals surface area (Å²) in [4.78, 5) is 13.2. The van der Waals surface area contributed by atoms with E-state index in [1.807, 2.05) is 48.5 Å². The first-order valence-electron chi connectivity index (χ1n) is 7.59. The summed E-state index contributed by atoms with van der Waals surface area (Å²) < 4.78 is 10.8. The van der Waals surface area contributed by atoms with Gasteiger partial charge in [0.2, 0.25) is 0 Å². The molecule has 1 N–H and O–H groups in total. The van der Waals surface area contributed by atoms with Gasteiger partial charge in [0.15, 0.2) is 11.6 Å². The second-order valence-electron chi connectivity index (χ2n) is 4.94. The van der Waals surface area contributed by atoms with Crippen molar-refractivity contribution in [2.75, 3.05) is 25.6 Å². The monoisotopic (exact) mass is 322 g/mol. The molecule has 0 saturated carbocycles. The van der Waals surface area contributed by atoms with Crippen molar-refractivity contribution in [3.8, 4) is 17.1 Å². The van der Waals surface area contributed by atoms with Gasteiger partial charge in [-0.15, -0.1) is 0 Å². The first-order chi connectivity index (χ1) is 11.9. The van der Waals surface area contributed by atoms with Gasteiger partial charge in [-0.05, 0) is 36.4 Å². The number of methoxy groups -OCH3 is 1. The Morgan fingerprint density at radius 3 is 2.42 bits per heavy atom. The van der Waals surface area contributed by atoms with E-state index >= 15 is 0 Å². The molecular weight excluding hydrogens is 304 g/mol. The molecule has 0 amide bonds. The molecule has 0 aliphatic carbocycles. The maximum atomic E-state index is 5.74. The number of rotatable bonds is 7. The van der Waals surface area contributed by atoms with E-state index in [2.05, 4.69) is 20.3 Å². The summed E-state index contributed by atoms with van der Waals surface area (Å²) in [5, 5.41) is 3.19. The van der Waals surface area contributed by atoms with Gasteiger partial charge >= 0.3 is 0 Å². The molecule has 3 heterocycles. The van der Waals surface area contributed by atoms with Crippen LogP contribution < -0.4 is 10.1 Å². The zero-order valence-corrected chi connectivity index (χ0v) is 13.3. The minimum Gasteiger partial charge on any atom is -0.487 e. The van der Waals surface area contributed by atoms with Gasteiger partial charge in [-0.25, -0.2) is 9.97 Å². The summed E-state index contributed by atoms with van der Waals surface area (Å²) >= 11 is 0. The fourth-order valence-corrected chi connectivity index (χ4v) is 2.10. The number of anilines is 2. The van der Waals surface area contributed by atoms with E-state index in [1.165, 1.54) is 0 Å². The van der Waals surface area contributed by atoms with Crippen molar-refractivity contribution >= 4 is 11.6 Å². The van der Waals surface area contributed by atoms with Crippen molar-refractivity contribution in [2.45, 2.75) is 0 Å². The molecule has 0 spiro atoms. The fraction of sp³-hybridized carbons (Fsp3) is 0.167. The van der Waals surface area contributed by atoms with Crippen molar-refractivity contribution in [3.05, 3.63) is 60.9 Å². The molecule has 3 aromatic rings. The van der Waals surface area contributed by atoms with E-state index in [9.17, 15) is 0 Å². The quantitative estimate of drug-likeness (QED) is 0.673. The molecule has 0 saturated heterocycles. The maximum absolute atomic E-state index is 5.74. The van der Waals surface area contributed by atoms with Crippen molar-refractivity contribution < 1.29 is 9.47 Å². The van der Waals surface area contributed by atoms with Crippen LogP contribution in [0.1, 0.15) is 0 Å². The Balaban J connectivity index is 1.91. The SMILES string of the molecule is COCCOc1ccc(-c2ccccn2)nc1Nc1ccccn1. The predicted octanol–water partition coefficient (Wildman–Crippen LogP) is 3.31. The molecule has 0 aliphatic heterocycles. The van der Waals surface area contributed by atoms with Gasteiger partial charge < -0.3 is 14.8 Å². The van der Waals surface area contributed by atoms with Crippen LogP contribution in [0.4, 0.5) is 11.6 Å². The van der Waals surface area contributed by atoms with Gasteiger partial charge in [0.05, 0.1) is 18.0 Å². The molecular formula is C18H18N4O2. The first-order valence-corrected chi connectivity index (χ1v) is 7.59. The smallest absolute Gasteiger partial charge is 0.175 e. The van der Waals surface area contributed by atoms with Crippen LogP contribution in [0, 0.1) is 0 Å². The minimum absolute atomic E-state index is 0.442. The number of hydrogen-bond acceptors (Lipinski definition) is 6. The van der Waals surface area contributed by atoms with Gasteiger partial charge in [0.1, 0.15) is 12.4 Å². The van der Waals surface area contributed by atoms with Crippen LogP contribution in [0.15, 0.2) is 60.9 Å². The van der Waals surface area contributed by atoms with Crippen molar-refractivity contribution in [3.63, 3.8) is 0 Å². The van der Waals surface area contributed by atoms with Crippen molar-refractivity contribution in [1.29, 1.82) is 0 Å². The average Bonchev–Trinajstić information content (AvgIpc) is 2.65. The Hall–Kier alpha value is -2.99. The van der Waals surface area contributed by atoms with Crippen LogP contribution >= 0.6 is 0 Å². The molecule has 0 aromatic carbocycles. The van der Waals surface area contributed by atoms with E-state index in [1.54, 1.807) is 19.5 Å². The largest absolute Gasteiger partial charge is 0.487 e. The molecule has 6 heteroatoms. The zero-order valence-electron chi connectivity index (χ0n) is 13.3. The summed E-state index contributed by atoms with van der Waals surface area (Å²) in [6.07, 6.45) is 3.46. The topological polar surface area (TPSA) is 69.2 Å². The van der Waals surface area contributed by atoms with Gasteiger partial charge in [0, 0.05) is 19.5 Å². The van der Waals surface area contributed by atoms with Gasteiger partial charge in [-0.2, -0.15) is 0 Å². The van der Waals surface area contributed by atoms with Crippen molar-refractivity contribution in [2.24, 2.45) is 0 Å². The van der Waals surface area contributed by atoms with Crippen LogP contribution in [0.5, 0.6) is 5.75 Å². The number of ether oxygens (including phenoxy) is 2. The molecule has 0 bridgehead atoms. The summed E-state index contributed by atoms with van der Waals surface area (Å²) in [5.41, 5.74) is 1.55. The Morgan fingerprint density at radius 2 is 1.71 bits per heavy atom. The molecule has 122 valence electrons. The third-order valence-electron chi connectivity index (χ3n) is 3.24. The third-order valence-corrected chi connectivity index (χ3v) is 3.24. The Labute approximate surface area is 140 Å². The van der Waals surface area contributed by atoms with Crippen LogP contribution in [0.2, 0.25) is 0 Å². The Morgan fingerprint density at radius 1 is 0.875 bits per heavy atom. The highest BCUT2D eigenvalue weighted by atomic mass is 16.5. The lowest BCUT2D eigenvalue weighted by Crippen LogP contribution is -2.07. The van der Waals surface area contributed by atoms with E-state index in [-0.39, 0.29) is 0 Å². The third kappa shape index (κ3) is 4.05. The normalized spacial score (nSPS) is 10.4. The molecule has 0 atom stereocenters. The van der Waals surface area contributed by atoms with Gasteiger partial charge in [0.25, 0.3) is 0 Å². The zero-order chi connectivity index (χ0) is 16.6. The number of pyridine rings is 3. The Kier molecular flexibility index (Phi) is 5.32. The highest BCUT2D eigenvalue weighted by Crippen LogP contribution is 2.28. The van der Waals surface area contributed by atoms with Crippen LogP contribution in [0.25, 0.3) is 11.4 Å². The van der Waals surface area contributed by atoms with Crippen LogP contribution in [-0.4, -0.2) is 35.3 Å². The van der Waals surface area contributed by atoms with Crippen LogP contribution in [0.3, 0.4) is 0 Å². The summed E-state index contributed by atoms with van der Waals surface area (Å²) in [6, 6.07) is 15.1. The summed E-state index contributed by atoms with van der Waals surface area (Å²) in [6.45, 7) is 0.947. The lowest BCUT2D eigenvalue weighted by atomic mass is 10.2. The molecule has 3 aromatic heterocycles. The number of aromatic nitrogens is 3. The number of hydrogen-bond donors (Lipinski definition) is 1. The highest BCUT2D eigenvalue weighted by molar-refractivity contribution is 5.65. The number of nitrogens with one attached hydrogen (secondary N) is 1. The molecule has 0 radical (unpaired) electrons. The van der Waals surface area contributed by atoms with E-state index in [0.717, 1.165) is 11.4 Å². The number of nitrogens with zero attached hydrogens (tertiary/aromatic N) is 3. The van der Waals surface area contributed by atoms with E-state index in [4.69, 9.17) is 9.47 Å². The van der Waals surface area contributed by atoms with Crippen LogP contribution in [-0.2, 0) is 4.74 Å². The molecule has 3 rings (SSSR count). The van der Waals surface area contributed by atoms with Crippen molar-refractivity contribution in [1.82, 2.24) is 15.0 Å². The highest BCUT2D eigenvalue weighted by Gasteiger charge is 2.10. The maximum Gasteiger partial charge on any atom is 0.175 e. The molecule has 0 unspecified atom stereocenters. The minimum atomic E-state index is 0.442. The van der Waals surface area contributed by atoms with E-state index < -0.39 is 0 Å². The second kappa shape index (κ2) is 8.03. The molecule has 24 heavy (non-hydrogen) atoms. The fourth-order valence-electron chi connectivity index (χ4n) is 2.10. The summed E-state index contributed by atoms with van der Waals surface area (Å²) in [7, 11) is 1.64. The molecule has 0 fully saturated rings. The van der Waals surface area contributed by atoms with Gasteiger partial charge in [-0.1, -0.05) is 12.1 Å². The Bertz CT molecular complexity index is 766. The average molecular weight is 322 g/mol. The lowest BCUT2D eigenvalue weighted by Gasteiger charge is -2.13. The second-order valence-corrected chi connectivity index (χ2v) is 4.94. The standard InChI is InChI=1S/C18H18N4O2/c1-23-12-13-24-16-9-8-15(14-6-2-4-10-19-14)21-18(16)22-17-7-3-5-11-20-17/h2-11H,12-13H2,1H3,(H,20,21,22). The van der Waals surface area contributed by atoms with E-state index in [0.29, 0.717) is 30.6 Å². The molecule has 0 aliphatic rings. The summed E-state index contributed by atoms with van der Waals surface area (Å²) in [5.74, 6) is 1.92. The van der Waals surface area contributed by atoms with Gasteiger partial charge in [-0.3, -0.25) is 4.98 Å². The predicted molar refractivity (Wildman–Crippen MR) is 92.4 cm³/mol. The first kappa shape index (κ1) is 15.9.